The Labute approximate surface area is 249 Å². The van der Waals surface area contributed by atoms with Gasteiger partial charge in [0.2, 0.25) is 0 Å². The number of carbonyl (C=O) groups is 1. The van der Waals surface area contributed by atoms with Gasteiger partial charge in [-0.1, -0.05) is 79.4 Å². The summed E-state index contributed by atoms with van der Waals surface area (Å²) in [6, 6.07) is 22.5. The second-order valence-electron chi connectivity index (χ2n) is 11.8. The quantitative estimate of drug-likeness (QED) is 0.187. The molecule has 0 saturated carbocycles. The Bertz CT molecular complexity index is 1460. The van der Waals surface area contributed by atoms with Gasteiger partial charge in [0.1, 0.15) is 5.60 Å². The highest BCUT2D eigenvalue weighted by Gasteiger charge is 2.46. The zero-order valence-electron chi connectivity index (χ0n) is 25.5. The van der Waals surface area contributed by atoms with Crippen molar-refractivity contribution in [2.75, 3.05) is 0 Å². The summed E-state index contributed by atoms with van der Waals surface area (Å²) in [6.07, 6.45) is 0.159. The van der Waals surface area contributed by atoms with Gasteiger partial charge in [0.15, 0.2) is 5.78 Å². The molecule has 222 valence electrons. The van der Waals surface area contributed by atoms with Gasteiger partial charge in [-0.3, -0.25) is 9.56 Å². The van der Waals surface area contributed by atoms with Gasteiger partial charge in [-0.25, -0.2) is 4.79 Å². The maximum absolute atomic E-state index is 15.0. The van der Waals surface area contributed by atoms with Crippen LogP contribution in [0.1, 0.15) is 76.8 Å². The first-order valence-electron chi connectivity index (χ1n) is 14.3. The van der Waals surface area contributed by atoms with Crippen LogP contribution in [-0.4, -0.2) is 35.4 Å². The third-order valence-electron chi connectivity index (χ3n) is 6.43. The van der Waals surface area contributed by atoms with Crippen LogP contribution in [0.4, 0.5) is 4.79 Å². The number of carbonyl (C=O) groups excluding carboxylic acids is 1. The molecule has 1 amide bonds. The molecule has 8 heteroatoms. The lowest BCUT2D eigenvalue weighted by Gasteiger charge is -2.34. The number of aliphatic imine (C=N–C) groups is 1. The first kappa shape index (κ1) is 31.4. The summed E-state index contributed by atoms with van der Waals surface area (Å²) in [5.74, 6) is -1.16. The predicted octanol–water partition coefficient (Wildman–Crippen LogP) is 8.78. The number of ether oxygens (including phenoxy) is 1. The zero-order chi connectivity index (χ0) is 30.7. The van der Waals surface area contributed by atoms with Gasteiger partial charge in [-0.05, 0) is 76.8 Å². The summed E-state index contributed by atoms with van der Waals surface area (Å²) in [7, 11) is -4.05. The van der Waals surface area contributed by atoms with E-state index in [-0.39, 0.29) is 0 Å². The highest BCUT2D eigenvalue weighted by atomic mass is 31.2. The molecule has 0 saturated heterocycles. The van der Waals surface area contributed by atoms with E-state index in [4.69, 9.17) is 18.8 Å². The van der Waals surface area contributed by atoms with Crippen LogP contribution in [0.2, 0.25) is 0 Å². The standard InChI is InChI=1S/C34H41N2O5P/c1-9-24-15-14-16-25(21-24)30(36-33(37)39-34(6,7)8)32(42(38,40-22(2)3)41-23(4)5)35-31-28-19-12-10-17-26(28)27-18-11-13-20-29(27)31/h9-23,30,32H,1H2,2-8H3,(H,36,37). The van der Waals surface area contributed by atoms with Gasteiger partial charge in [-0.15, -0.1) is 0 Å². The van der Waals surface area contributed by atoms with Crippen LogP contribution in [0.5, 0.6) is 0 Å². The smallest absolute Gasteiger partial charge is 0.408 e. The number of nitrogens with zero attached hydrogens (tertiary/aromatic N) is 1. The Morgan fingerprint density at radius 2 is 1.38 bits per heavy atom. The maximum atomic E-state index is 15.0. The summed E-state index contributed by atoms with van der Waals surface area (Å²) in [5.41, 5.74) is 5.25. The molecule has 4 rings (SSSR count). The number of amides is 1. The van der Waals surface area contributed by atoms with E-state index < -0.39 is 43.3 Å². The van der Waals surface area contributed by atoms with Crippen molar-refractivity contribution >= 4 is 25.5 Å². The Morgan fingerprint density at radius 3 is 1.86 bits per heavy atom. The highest BCUT2D eigenvalue weighted by molar-refractivity contribution is 7.54. The van der Waals surface area contributed by atoms with Crippen LogP contribution in [0, 0.1) is 0 Å². The molecule has 3 aromatic rings. The fourth-order valence-corrected chi connectivity index (χ4v) is 7.32. The third-order valence-corrected chi connectivity index (χ3v) is 8.92. The molecule has 2 unspecified atom stereocenters. The normalized spacial score (nSPS) is 14.3. The van der Waals surface area contributed by atoms with Crippen molar-refractivity contribution in [3.05, 3.63) is 102 Å². The Morgan fingerprint density at radius 1 is 0.857 bits per heavy atom. The Kier molecular flexibility index (Phi) is 9.56. The molecule has 1 N–H and O–H groups in total. The Balaban J connectivity index is 2.00. The number of benzene rings is 3. The number of alkyl carbamates (subject to hydrolysis) is 1. The van der Waals surface area contributed by atoms with E-state index >= 15 is 4.57 Å². The van der Waals surface area contributed by atoms with Crippen molar-refractivity contribution in [1.82, 2.24) is 5.32 Å². The lowest BCUT2D eigenvalue weighted by molar-refractivity contribution is 0.0498. The molecule has 0 heterocycles. The number of fused-ring (bicyclic) bond motifs is 3. The fourth-order valence-electron chi connectivity index (χ4n) is 4.97. The topological polar surface area (TPSA) is 86.2 Å². The second-order valence-corrected chi connectivity index (χ2v) is 13.9. The lowest BCUT2D eigenvalue weighted by atomic mass is 10.0. The Hall–Kier alpha value is -3.51. The van der Waals surface area contributed by atoms with Gasteiger partial charge in [-0.2, -0.15) is 0 Å². The average molecular weight is 589 g/mol. The fraction of sp³-hybridized carbons (Fsp3) is 0.353. The van der Waals surface area contributed by atoms with Crippen LogP contribution >= 0.6 is 7.60 Å². The molecule has 0 aromatic heterocycles. The summed E-state index contributed by atoms with van der Waals surface area (Å²) >= 11 is 0. The number of hydrogen-bond acceptors (Lipinski definition) is 6. The van der Waals surface area contributed by atoms with Gasteiger partial charge < -0.3 is 19.1 Å². The van der Waals surface area contributed by atoms with Crippen molar-refractivity contribution in [1.29, 1.82) is 0 Å². The second kappa shape index (κ2) is 12.8. The van der Waals surface area contributed by atoms with E-state index in [0.717, 1.165) is 27.8 Å². The van der Waals surface area contributed by atoms with Gasteiger partial charge in [0.25, 0.3) is 0 Å². The summed E-state index contributed by atoms with van der Waals surface area (Å²) in [6.45, 7) is 16.5. The first-order valence-corrected chi connectivity index (χ1v) is 15.9. The average Bonchev–Trinajstić information content (AvgIpc) is 3.22. The lowest BCUT2D eigenvalue weighted by Crippen LogP contribution is -2.40. The molecule has 0 fully saturated rings. The molecule has 2 atom stereocenters. The van der Waals surface area contributed by atoms with Crippen LogP contribution in [-0.2, 0) is 18.3 Å². The van der Waals surface area contributed by atoms with Crippen LogP contribution in [0.3, 0.4) is 0 Å². The van der Waals surface area contributed by atoms with Crippen molar-refractivity contribution in [2.45, 2.75) is 78.1 Å². The minimum absolute atomic E-state index is 0.442. The number of hydrogen-bond donors (Lipinski definition) is 1. The largest absolute Gasteiger partial charge is 0.444 e. The molecule has 3 aromatic carbocycles. The monoisotopic (exact) mass is 588 g/mol. The van der Waals surface area contributed by atoms with Gasteiger partial charge in [0, 0.05) is 11.1 Å². The summed E-state index contributed by atoms with van der Waals surface area (Å²) in [4.78, 5) is 18.6. The van der Waals surface area contributed by atoms with Crippen molar-refractivity contribution < 1.29 is 23.1 Å². The molecule has 7 nitrogen and oxygen atoms in total. The molecule has 1 aliphatic carbocycles. The highest BCUT2D eigenvalue weighted by Crippen LogP contribution is 2.59. The van der Waals surface area contributed by atoms with Crippen molar-refractivity contribution in [2.24, 2.45) is 4.99 Å². The molecule has 0 radical (unpaired) electrons. The molecular formula is C34H41N2O5P. The number of rotatable bonds is 10. The zero-order valence-corrected chi connectivity index (χ0v) is 26.4. The molecule has 0 aliphatic heterocycles. The van der Waals surface area contributed by atoms with Crippen LogP contribution in [0.15, 0.2) is 84.4 Å². The molecular weight excluding hydrogens is 547 g/mol. The molecule has 0 spiro atoms. The number of nitrogens with one attached hydrogen (secondary N) is 1. The first-order chi connectivity index (χ1) is 19.8. The van der Waals surface area contributed by atoms with E-state index in [1.165, 1.54) is 0 Å². The third kappa shape index (κ3) is 7.27. The van der Waals surface area contributed by atoms with Gasteiger partial charge in [0.05, 0.1) is 24.0 Å². The van der Waals surface area contributed by atoms with Gasteiger partial charge >= 0.3 is 13.7 Å². The molecule has 1 aliphatic rings. The van der Waals surface area contributed by atoms with E-state index in [0.29, 0.717) is 11.3 Å². The van der Waals surface area contributed by atoms with E-state index in [1.54, 1.807) is 54.5 Å². The minimum atomic E-state index is -4.05. The maximum Gasteiger partial charge on any atom is 0.408 e. The van der Waals surface area contributed by atoms with E-state index in [1.807, 2.05) is 72.8 Å². The van der Waals surface area contributed by atoms with E-state index in [9.17, 15) is 4.79 Å². The van der Waals surface area contributed by atoms with Crippen LogP contribution in [0.25, 0.3) is 17.2 Å². The van der Waals surface area contributed by atoms with Crippen molar-refractivity contribution in [3.8, 4) is 11.1 Å². The molecule has 42 heavy (non-hydrogen) atoms. The van der Waals surface area contributed by atoms with Crippen LogP contribution < -0.4 is 5.32 Å². The van der Waals surface area contributed by atoms with Crippen molar-refractivity contribution in [3.63, 3.8) is 0 Å². The summed E-state index contributed by atoms with van der Waals surface area (Å²) < 4.78 is 33.0. The molecule has 0 bridgehead atoms. The predicted molar refractivity (Wildman–Crippen MR) is 170 cm³/mol. The minimum Gasteiger partial charge on any atom is -0.444 e. The van der Waals surface area contributed by atoms with E-state index in [2.05, 4.69) is 11.9 Å². The summed E-state index contributed by atoms with van der Waals surface area (Å²) in [5, 5.41) is 2.98. The SMILES string of the molecule is C=Cc1cccc(C(NC(=O)OC(C)(C)C)C(N=C2c3ccccc3-c3ccccc32)P(=O)(OC(C)C)OC(C)C)c1.